The van der Waals surface area contributed by atoms with Crippen molar-refractivity contribution in [1.82, 2.24) is 20.0 Å². The maximum atomic E-state index is 12.5. The van der Waals surface area contributed by atoms with Gasteiger partial charge in [-0.25, -0.2) is 4.68 Å². The zero-order valence-electron chi connectivity index (χ0n) is 12.7. The number of aromatic amines is 1. The van der Waals surface area contributed by atoms with E-state index in [0.29, 0.717) is 16.8 Å². The number of nitrogens with one attached hydrogen (secondary N) is 1. The second kappa shape index (κ2) is 5.22. The van der Waals surface area contributed by atoms with Crippen LogP contribution in [0.2, 0.25) is 0 Å². The summed E-state index contributed by atoms with van der Waals surface area (Å²) in [7, 11) is 0. The van der Waals surface area contributed by atoms with Gasteiger partial charge < -0.3 is 4.98 Å². The summed E-state index contributed by atoms with van der Waals surface area (Å²) in [6, 6.07) is 7.48. The van der Waals surface area contributed by atoms with E-state index in [0.717, 1.165) is 16.7 Å². The van der Waals surface area contributed by atoms with Crippen LogP contribution in [-0.4, -0.2) is 31.5 Å². The zero-order valence-corrected chi connectivity index (χ0v) is 12.7. The van der Waals surface area contributed by atoms with Crippen LogP contribution in [-0.2, 0) is 6.54 Å². The summed E-state index contributed by atoms with van der Waals surface area (Å²) in [5.41, 5.74) is 4.02. The number of hydrogen-bond donors (Lipinski definition) is 1. The van der Waals surface area contributed by atoms with Crippen LogP contribution in [0, 0.1) is 13.8 Å². The molecule has 0 bridgehead atoms. The van der Waals surface area contributed by atoms with Crippen LogP contribution in [0.5, 0.6) is 0 Å². The molecular weight excluding hydrogens is 280 g/mol. The number of Topliss-reactive ketones (excluding diaryl/α,β-unsaturated/α-hetero) is 2. The third kappa shape index (κ3) is 2.22. The Balaban J connectivity index is 1.95. The number of ketones is 2. The van der Waals surface area contributed by atoms with Gasteiger partial charge >= 0.3 is 0 Å². The molecule has 0 amide bonds. The SMILES string of the molecule is CC(=O)c1c(C)[nH]c(C(=O)Cn2nnc3ccccc32)c1C. The molecule has 3 rings (SSSR count). The summed E-state index contributed by atoms with van der Waals surface area (Å²) in [4.78, 5) is 27.2. The lowest BCUT2D eigenvalue weighted by atomic mass is 10.1. The monoisotopic (exact) mass is 296 g/mol. The Hall–Kier alpha value is -2.76. The highest BCUT2D eigenvalue weighted by Crippen LogP contribution is 2.20. The van der Waals surface area contributed by atoms with Gasteiger partial charge in [0, 0.05) is 11.3 Å². The van der Waals surface area contributed by atoms with Crippen molar-refractivity contribution in [2.24, 2.45) is 0 Å². The molecule has 0 saturated heterocycles. The molecule has 0 saturated carbocycles. The molecule has 0 aliphatic heterocycles. The van der Waals surface area contributed by atoms with Crippen LogP contribution >= 0.6 is 0 Å². The van der Waals surface area contributed by atoms with Crippen LogP contribution in [0.3, 0.4) is 0 Å². The Morgan fingerprint density at radius 3 is 2.64 bits per heavy atom. The predicted molar refractivity (Wildman–Crippen MR) is 82.1 cm³/mol. The standard InChI is InChI=1S/C16H16N4O2/c1-9-15(11(3)21)10(2)17-16(9)14(22)8-20-13-7-5-4-6-12(13)18-19-20/h4-7,17H,8H2,1-3H3. The van der Waals surface area contributed by atoms with Crippen molar-refractivity contribution in [3.63, 3.8) is 0 Å². The molecule has 1 aromatic carbocycles. The Morgan fingerprint density at radius 1 is 1.23 bits per heavy atom. The number of aromatic nitrogens is 4. The number of H-pyrrole nitrogens is 1. The van der Waals surface area contributed by atoms with Crippen LogP contribution in [0.1, 0.15) is 39.0 Å². The fraction of sp³-hybridized carbons (Fsp3) is 0.250. The number of carbonyl (C=O) groups excluding carboxylic acids is 2. The van der Waals surface area contributed by atoms with Crippen LogP contribution in [0.15, 0.2) is 24.3 Å². The first-order valence-electron chi connectivity index (χ1n) is 7.00. The molecule has 0 fully saturated rings. The molecule has 22 heavy (non-hydrogen) atoms. The van der Waals surface area contributed by atoms with Crippen molar-refractivity contribution in [3.05, 3.63) is 46.8 Å². The average Bonchev–Trinajstić information content (AvgIpc) is 3.00. The van der Waals surface area contributed by atoms with Crippen molar-refractivity contribution >= 4 is 22.6 Å². The molecule has 6 heteroatoms. The van der Waals surface area contributed by atoms with E-state index in [1.54, 1.807) is 18.5 Å². The van der Waals surface area contributed by atoms with Crippen molar-refractivity contribution in [2.45, 2.75) is 27.3 Å². The average molecular weight is 296 g/mol. The van der Waals surface area contributed by atoms with Crippen molar-refractivity contribution < 1.29 is 9.59 Å². The number of carbonyl (C=O) groups is 2. The van der Waals surface area contributed by atoms with E-state index in [1.165, 1.54) is 6.92 Å². The topological polar surface area (TPSA) is 80.6 Å². The number of hydrogen-bond acceptors (Lipinski definition) is 4. The Morgan fingerprint density at radius 2 is 1.95 bits per heavy atom. The highest BCUT2D eigenvalue weighted by Gasteiger charge is 2.20. The van der Waals surface area contributed by atoms with Gasteiger partial charge in [0.05, 0.1) is 11.2 Å². The number of fused-ring (bicyclic) bond motifs is 1. The number of nitrogens with zero attached hydrogens (tertiary/aromatic N) is 3. The summed E-state index contributed by atoms with van der Waals surface area (Å²) in [5, 5.41) is 8.06. The Bertz CT molecular complexity index is 889. The summed E-state index contributed by atoms with van der Waals surface area (Å²) in [6.07, 6.45) is 0. The second-order valence-electron chi connectivity index (χ2n) is 5.34. The van der Waals surface area contributed by atoms with E-state index < -0.39 is 0 Å². The van der Waals surface area contributed by atoms with Gasteiger partial charge in [-0.3, -0.25) is 9.59 Å². The second-order valence-corrected chi connectivity index (χ2v) is 5.34. The molecule has 6 nitrogen and oxygen atoms in total. The van der Waals surface area contributed by atoms with E-state index in [1.807, 2.05) is 24.3 Å². The van der Waals surface area contributed by atoms with Crippen LogP contribution in [0.4, 0.5) is 0 Å². The number of para-hydroxylation sites is 1. The quantitative estimate of drug-likeness (QED) is 0.750. The maximum absolute atomic E-state index is 12.5. The van der Waals surface area contributed by atoms with Gasteiger partial charge in [0.25, 0.3) is 0 Å². The van der Waals surface area contributed by atoms with Gasteiger partial charge in [-0.15, -0.1) is 5.10 Å². The molecule has 2 heterocycles. The number of benzene rings is 1. The van der Waals surface area contributed by atoms with Gasteiger partial charge in [0.15, 0.2) is 5.78 Å². The molecule has 0 spiro atoms. The number of aryl methyl sites for hydroxylation is 1. The Labute approximate surface area is 127 Å². The first kappa shape index (κ1) is 14.2. The van der Waals surface area contributed by atoms with E-state index in [4.69, 9.17) is 0 Å². The van der Waals surface area contributed by atoms with E-state index in [2.05, 4.69) is 15.3 Å². The van der Waals surface area contributed by atoms with E-state index in [9.17, 15) is 9.59 Å². The lowest BCUT2D eigenvalue weighted by molar-refractivity contribution is 0.0963. The third-order valence-electron chi connectivity index (χ3n) is 3.78. The normalized spacial score (nSPS) is 11.0. The summed E-state index contributed by atoms with van der Waals surface area (Å²) in [5.74, 6) is -0.166. The summed E-state index contributed by atoms with van der Waals surface area (Å²) < 4.78 is 1.57. The molecule has 0 atom stereocenters. The van der Waals surface area contributed by atoms with Crippen LogP contribution in [0.25, 0.3) is 11.0 Å². The van der Waals surface area contributed by atoms with Gasteiger partial charge in [-0.1, -0.05) is 17.3 Å². The smallest absolute Gasteiger partial charge is 0.200 e. The predicted octanol–water partition coefficient (Wildman–Crippen LogP) is 2.46. The molecule has 0 radical (unpaired) electrons. The fourth-order valence-electron chi connectivity index (χ4n) is 2.81. The summed E-state index contributed by atoms with van der Waals surface area (Å²) >= 11 is 0. The largest absolute Gasteiger partial charge is 0.355 e. The molecule has 0 aliphatic carbocycles. The zero-order chi connectivity index (χ0) is 15.9. The highest BCUT2D eigenvalue weighted by atomic mass is 16.1. The summed E-state index contributed by atoms with van der Waals surface area (Å²) in [6.45, 7) is 5.17. The first-order chi connectivity index (χ1) is 10.5. The lowest BCUT2D eigenvalue weighted by Crippen LogP contribution is -2.13. The van der Waals surface area contributed by atoms with E-state index >= 15 is 0 Å². The lowest BCUT2D eigenvalue weighted by Gasteiger charge is -2.02. The molecular formula is C16H16N4O2. The molecule has 112 valence electrons. The molecule has 1 N–H and O–H groups in total. The fourth-order valence-corrected chi connectivity index (χ4v) is 2.81. The maximum Gasteiger partial charge on any atom is 0.200 e. The van der Waals surface area contributed by atoms with Gasteiger partial charge in [0.2, 0.25) is 5.78 Å². The van der Waals surface area contributed by atoms with Gasteiger partial charge in [-0.2, -0.15) is 0 Å². The van der Waals surface area contributed by atoms with Crippen molar-refractivity contribution in [2.75, 3.05) is 0 Å². The minimum Gasteiger partial charge on any atom is -0.355 e. The Kier molecular flexibility index (Phi) is 3.36. The molecule has 0 unspecified atom stereocenters. The molecule has 2 aromatic heterocycles. The van der Waals surface area contributed by atoms with E-state index in [-0.39, 0.29) is 18.1 Å². The van der Waals surface area contributed by atoms with Gasteiger partial charge in [0.1, 0.15) is 12.1 Å². The third-order valence-corrected chi connectivity index (χ3v) is 3.78. The van der Waals surface area contributed by atoms with Crippen molar-refractivity contribution in [3.8, 4) is 0 Å². The minimum absolute atomic E-state index is 0.0449. The minimum atomic E-state index is -0.122. The molecule has 0 aliphatic rings. The van der Waals surface area contributed by atoms with Crippen molar-refractivity contribution in [1.29, 1.82) is 0 Å². The number of rotatable bonds is 4. The highest BCUT2D eigenvalue weighted by molar-refractivity contribution is 6.03. The first-order valence-corrected chi connectivity index (χ1v) is 7.00. The van der Waals surface area contributed by atoms with Gasteiger partial charge in [-0.05, 0) is 38.5 Å². The molecule has 3 aromatic rings. The van der Waals surface area contributed by atoms with Crippen LogP contribution < -0.4 is 0 Å².